The molecule has 1 heterocycles. The number of piperidine rings is 1. The van der Waals surface area contributed by atoms with Gasteiger partial charge in [0.1, 0.15) is 0 Å². The second-order valence-corrected chi connectivity index (χ2v) is 10.9. The highest BCUT2D eigenvalue weighted by atomic mass is 16.4. The summed E-state index contributed by atoms with van der Waals surface area (Å²) in [5.74, 6) is 2.30. The topological polar surface area (TPSA) is 40.5 Å². The lowest BCUT2D eigenvalue weighted by atomic mass is 9.90. The van der Waals surface area contributed by atoms with Crippen molar-refractivity contribution < 1.29 is 9.90 Å². The van der Waals surface area contributed by atoms with Crippen LogP contribution in [0.1, 0.15) is 104 Å². The van der Waals surface area contributed by atoms with E-state index in [1.807, 2.05) is 50.2 Å². The number of nitrogens with zero attached hydrogens (tertiary/aromatic N) is 1. The fourth-order valence-corrected chi connectivity index (χ4v) is 5.46. The molecular formula is C35H57NO2. The molecule has 214 valence electrons. The van der Waals surface area contributed by atoms with Crippen molar-refractivity contribution in [3.8, 4) is 0 Å². The van der Waals surface area contributed by atoms with E-state index in [0.29, 0.717) is 6.42 Å². The van der Waals surface area contributed by atoms with E-state index in [1.165, 1.54) is 76.6 Å². The maximum Gasteiger partial charge on any atom is 0.303 e. The van der Waals surface area contributed by atoms with E-state index in [9.17, 15) is 4.79 Å². The number of hydrogen-bond donors (Lipinski definition) is 1. The van der Waals surface area contributed by atoms with E-state index in [0.717, 1.165) is 37.0 Å². The van der Waals surface area contributed by atoms with Gasteiger partial charge in [-0.05, 0) is 81.4 Å². The van der Waals surface area contributed by atoms with Gasteiger partial charge in [0.05, 0.1) is 0 Å². The third kappa shape index (κ3) is 17.4. The van der Waals surface area contributed by atoms with Crippen LogP contribution in [0.3, 0.4) is 0 Å². The Bertz CT molecular complexity index is 744. The predicted octanol–water partition coefficient (Wildman–Crippen LogP) is 9.52. The minimum absolute atomic E-state index is 0.327. The maximum atomic E-state index is 9.87. The smallest absolute Gasteiger partial charge is 0.303 e. The van der Waals surface area contributed by atoms with Gasteiger partial charge in [-0.1, -0.05) is 120 Å². The van der Waals surface area contributed by atoms with Crippen LogP contribution >= 0.6 is 0 Å². The molecule has 0 aromatic heterocycles. The summed E-state index contributed by atoms with van der Waals surface area (Å²) in [4.78, 5) is 12.6. The van der Waals surface area contributed by atoms with Gasteiger partial charge in [-0.15, -0.1) is 0 Å². The molecule has 38 heavy (non-hydrogen) atoms. The molecule has 2 aromatic rings. The highest BCUT2D eigenvalue weighted by Gasteiger charge is 2.25. The molecule has 3 heteroatoms. The average Bonchev–Trinajstić information content (AvgIpc) is 3.37. The highest BCUT2D eigenvalue weighted by Crippen LogP contribution is 2.32. The van der Waals surface area contributed by atoms with Crippen LogP contribution in [0.25, 0.3) is 0 Å². The fraction of sp³-hybridized carbons (Fsp3) is 0.629. The van der Waals surface area contributed by atoms with Crippen molar-refractivity contribution in [2.24, 2.45) is 17.8 Å². The third-order valence-corrected chi connectivity index (χ3v) is 7.61. The zero-order chi connectivity index (χ0) is 27.8. The first-order valence-corrected chi connectivity index (χ1v) is 15.5. The molecule has 1 aliphatic carbocycles. The molecule has 2 aromatic carbocycles. The predicted molar refractivity (Wildman–Crippen MR) is 165 cm³/mol. The molecule has 3 nitrogen and oxygen atoms in total. The number of rotatable bonds is 10. The standard InChI is InChI=1S/C21H33N.C6H12O2.C6H6.C2H6/c1-18-10-11-21(16-18)17-22-14-12-20(13-15-22)9-5-8-19-6-3-2-4-7-19;1-2-3-4-5-6(7)8;1-2-4-6-5-3-1;1-2/h2-4,6-7,18,20-21H,5,8-17H2,1H3;2-5H2,1H3,(H,7,8);1-6H;1-2H3. The molecule has 2 unspecified atom stereocenters. The Balaban J connectivity index is 0.000000370. The average molecular weight is 524 g/mol. The third-order valence-electron chi connectivity index (χ3n) is 7.61. The van der Waals surface area contributed by atoms with Gasteiger partial charge < -0.3 is 10.0 Å². The zero-order valence-corrected chi connectivity index (χ0v) is 25.0. The van der Waals surface area contributed by atoms with Crippen molar-refractivity contribution in [1.29, 1.82) is 0 Å². The first kappa shape index (κ1) is 33.9. The van der Waals surface area contributed by atoms with Crippen molar-refractivity contribution >= 4 is 5.97 Å². The molecule has 1 saturated carbocycles. The fourth-order valence-electron chi connectivity index (χ4n) is 5.46. The summed E-state index contributed by atoms with van der Waals surface area (Å²) in [7, 11) is 0. The van der Waals surface area contributed by atoms with E-state index in [-0.39, 0.29) is 0 Å². The first-order chi connectivity index (χ1) is 18.6. The van der Waals surface area contributed by atoms with Crippen LogP contribution in [0.4, 0.5) is 0 Å². The minimum atomic E-state index is -0.682. The lowest BCUT2D eigenvalue weighted by Crippen LogP contribution is -2.36. The molecule has 2 fully saturated rings. The number of aryl methyl sites for hydroxylation is 1. The van der Waals surface area contributed by atoms with E-state index < -0.39 is 5.97 Å². The van der Waals surface area contributed by atoms with Crippen LogP contribution in [0.2, 0.25) is 0 Å². The lowest BCUT2D eigenvalue weighted by Gasteiger charge is -2.33. The molecule has 0 bridgehead atoms. The Labute approximate surface area is 235 Å². The lowest BCUT2D eigenvalue weighted by molar-refractivity contribution is -0.137. The maximum absolute atomic E-state index is 9.87. The van der Waals surface area contributed by atoms with Gasteiger partial charge in [0.2, 0.25) is 0 Å². The molecule has 0 spiro atoms. The highest BCUT2D eigenvalue weighted by molar-refractivity contribution is 5.66. The normalized spacial score (nSPS) is 19.2. The Kier molecular flexibility index (Phi) is 20.4. The Morgan fingerprint density at radius 2 is 1.39 bits per heavy atom. The summed E-state index contributed by atoms with van der Waals surface area (Å²) >= 11 is 0. The molecule has 2 atom stereocenters. The van der Waals surface area contributed by atoms with Gasteiger partial charge in [0, 0.05) is 13.0 Å². The summed E-state index contributed by atoms with van der Waals surface area (Å²) < 4.78 is 0. The number of carbonyl (C=O) groups is 1. The number of carboxylic acid groups (broad SMARTS) is 1. The number of benzene rings is 2. The Morgan fingerprint density at radius 1 is 0.816 bits per heavy atom. The molecule has 0 amide bonds. The van der Waals surface area contributed by atoms with E-state index in [4.69, 9.17) is 5.11 Å². The summed E-state index contributed by atoms with van der Waals surface area (Å²) in [6.45, 7) is 12.6. The van der Waals surface area contributed by atoms with Crippen molar-refractivity contribution in [3.05, 3.63) is 72.3 Å². The molecule has 2 aliphatic rings. The Hall–Kier alpha value is -2.13. The molecule has 1 N–H and O–H groups in total. The first-order valence-electron chi connectivity index (χ1n) is 15.5. The van der Waals surface area contributed by atoms with Gasteiger partial charge in [0.15, 0.2) is 0 Å². The van der Waals surface area contributed by atoms with Gasteiger partial charge in [-0.3, -0.25) is 4.79 Å². The molecule has 0 radical (unpaired) electrons. The Morgan fingerprint density at radius 3 is 1.89 bits per heavy atom. The number of carboxylic acids is 1. The van der Waals surface area contributed by atoms with E-state index >= 15 is 0 Å². The summed E-state index contributed by atoms with van der Waals surface area (Å²) in [5.41, 5.74) is 1.51. The van der Waals surface area contributed by atoms with Crippen molar-refractivity contribution in [3.63, 3.8) is 0 Å². The van der Waals surface area contributed by atoms with Crippen LogP contribution in [0.15, 0.2) is 66.7 Å². The van der Waals surface area contributed by atoms with Crippen LogP contribution in [0.5, 0.6) is 0 Å². The largest absolute Gasteiger partial charge is 0.481 e. The van der Waals surface area contributed by atoms with E-state index in [2.05, 4.69) is 49.1 Å². The zero-order valence-electron chi connectivity index (χ0n) is 25.0. The molecule has 1 saturated heterocycles. The number of unbranched alkanes of at least 4 members (excludes halogenated alkanes) is 2. The summed E-state index contributed by atoms with van der Waals surface area (Å²) in [6, 6.07) is 23.0. The van der Waals surface area contributed by atoms with Gasteiger partial charge in [-0.25, -0.2) is 0 Å². The second-order valence-electron chi connectivity index (χ2n) is 10.9. The van der Waals surface area contributed by atoms with Crippen LogP contribution in [-0.4, -0.2) is 35.6 Å². The summed E-state index contributed by atoms with van der Waals surface area (Å²) in [5, 5.41) is 8.14. The van der Waals surface area contributed by atoms with Crippen LogP contribution in [-0.2, 0) is 11.2 Å². The van der Waals surface area contributed by atoms with Crippen LogP contribution in [0, 0.1) is 17.8 Å². The van der Waals surface area contributed by atoms with Crippen molar-refractivity contribution in [1.82, 2.24) is 4.90 Å². The minimum Gasteiger partial charge on any atom is -0.481 e. The van der Waals surface area contributed by atoms with Crippen molar-refractivity contribution in [2.75, 3.05) is 19.6 Å². The SMILES string of the molecule is CC.CC1CCC(CN2CCC(CCCc3ccccc3)CC2)C1.CCCCCC(=O)O.c1ccccc1. The van der Waals surface area contributed by atoms with Gasteiger partial charge in [0.25, 0.3) is 0 Å². The molecule has 4 rings (SSSR count). The molecule has 1 aliphatic heterocycles. The number of hydrogen-bond acceptors (Lipinski definition) is 2. The van der Waals surface area contributed by atoms with E-state index in [1.54, 1.807) is 0 Å². The number of likely N-dealkylation sites (tertiary alicyclic amines) is 1. The number of aliphatic carboxylic acids is 1. The summed E-state index contributed by atoms with van der Waals surface area (Å²) in [6.07, 6.45) is 14.7. The molecular weight excluding hydrogens is 466 g/mol. The van der Waals surface area contributed by atoms with Gasteiger partial charge in [-0.2, -0.15) is 0 Å². The monoisotopic (exact) mass is 523 g/mol. The van der Waals surface area contributed by atoms with Gasteiger partial charge >= 0.3 is 5.97 Å². The quantitative estimate of drug-likeness (QED) is 0.315. The van der Waals surface area contributed by atoms with Crippen LogP contribution < -0.4 is 0 Å². The second kappa shape index (κ2) is 22.8. The van der Waals surface area contributed by atoms with Crippen molar-refractivity contribution in [2.45, 2.75) is 105 Å².